The largest absolute Gasteiger partial charge is 0.364 e. The fraction of sp³-hybridized carbons (Fsp3) is 0.846. The smallest absolute Gasteiger partial charge is 0.318 e. The molecule has 0 atom stereocenters. The number of imide groups is 1. The van der Waals surface area contributed by atoms with Crippen LogP contribution in [0, 0.1) is 5.92 Å². The molecule has 0 aromatic rings. The van der Waals surface area contributed by atoms with Gasteiger partial charge >= 0.3 is 6.03 Å². The molecule has 1 fully saturated rings. The van der Waals surface area contributed by atoms with Gasteiger partial charge in [0.25, 0.3) is 5.91 Å². The SMILES string of the molecule is CCCC1CCC(CN)(OCC(=O)NC(N)=O)CC1. The third kappa shape index (κ3) is 5.16. The van der Waals surface area contributed by atoms with Crippen LogP contribution in [-0.2, 0) is 9.53 Å². The first-order valence-electron chi connectivity index (χ1n) is 6.94. The molecule has 6 nitrogen and oxygen atoms in total. The Balaban J connectivity index is 2.41. The van der Waals surface area contributed by atoms with E-state index in [1.807, 2.05) is 5.32 Å². The molecule has 0 bridgehead atoms. The molecule has 0 unspecified atom stereocenters. The number of ether oxygens (including phenoxy) is 1. The number of urea groups is 1. The second kappa shape index (κ2) is 7.45. The van der Waals surface area contributed by atoms with Crippen LogP contribution in [0.15, 0.2) is 0 Å². The lowest BCUT2D eigenvalue weighted by Crippen LogP contribution is -2.47. The van der Waals surface area contributed by atoms with Gasteiger partial charge in [0, 0.05) is 6.54 Å². The molecule has 6 heteroatoms. The normalized spacial score (nSPS) is 26.9. The van der Waals surface area contributed by atoms with Crippen molar-refractivity contribution >= 4 is 11.9 Å². The highest BCUT2D eigenvalue weighted by molar-refractivity contribution is 5.94. The lowest BCUT2D eigenvalue weighted by Gasteiger charge is -2.39. The van der Waals surface area contributed by atoms with Crippen molar-refractivity contribution in [3.63, 3.8) is 0 Å². The van der Waals surface area contributed by atoms with Crippen molar-refractivity contribution in [2.24, 2.45) is 17.4 Å². The zero-order chi connectivity index (χ0) is 14.3. The third-order valence-electron chi connectivity index (χ3n) is 3.86. The molecule has 0 aliphatic heterocycles. The molecule has 5 N–H and O–H groups in total. The monoisotopic (exact) mass is 271 g/mol. The van der Waals surface area contributed by atoms with Gasteiger partial charge in [-0.15, -0.1) is 0 Å². The molecule has 1 aliphatic rings. The van der Waals surface area contributed by atoms with E-state index >= 15 is 0 Å². The van der Waals surface area contributed by atoms with E-state index in [4.69, 9.17) is 16.2 Å². The highest BCUT2D eigenvalue weighted by Crippen LogP contribution is 2.36. The number of amides is 3. The first-order valence-corrected chi connectivity index (χ1v) is 6.94. The summed E-state index contributed by atoms with van der Waals surface area (Å²) in [5.74, 6) is 0.226. The molecule has 3 amide bonds. The molecule has 19 heavy (non-hydrogen) atoms. The molecule has 1 aliphatic carbocycles. The summed E-state index contributed by atoms with van der Waals surface area (Å²) in [7, 11) is 0. The lowest BCUT2D eigenvalue weighted by atomic mass is 9.77. The van der Waals surface area contributed by atoms with Gasteiger partial charge in [-0.2, -0.15) is 0 Å². The summed E-state index contributed by atoms with van der Waals surface area (Å²) in [6, 6.07) is -0.859. The van der Waals surface area contributed by atoms with Crippen LogP contribution < -0.4 is 16.8 Å². The standard InChI is InChI=1S/C13H25N3O3/c1-2-3-10-4-6-13(9-14,7-5-10)19-8-11(17)16-12(15)18/h10H,2-9,14H2,1H3,(H3,15,16,17,18). The van der Waals surface area contributed by atoms with E-state index in [9.17, 15) is 9.59 Å². The van der Waals surface area contributed by atoms with Gasteiger partial charge in [-0.25, -0.2) is 4.79 Å². The molecule has 0 saturated heterocycles. The van der Waals surface area contributed by atoms with Crippen LogP contribution in [0.2, 0.25) is 0 Å². The number of rotatable bonds is 6. The van der Waals surface area contributed by atoms with Crippen molar-refractivity contribution in [3.05, 3.63) is 0 Å². The highest BCUT2D eigenvalue weighted by Gasteiger charge is 2.35. The minimum Gasteiger partial charge on any atom is -0.364 e. The van der Waals surface area contributed by atoms with E-state index in [0.717, 1.165) is 31.6 Å². The number of nitrogens with two attached hydrogens (primary N) is 2. The fourth-order valence-corrected chi connectivity index (χ4v) is 2.70. The molecule has 0 spiro atoms. The maximum absolute atomic E-state index is 11.3. The van der Waals surface area contributed by atoms with Crippen LogP contribution in [0.4, 0.5) is 4.79 Å². The number of carbonyl (C=O) groups is 2. The van der Waals surface area contributed by atoms with Gasteiger partial charge in [0.1, 0.15) is 6.61 Å². The van der Waals surface area contributed by atoms with Gasteiger partial charge in [-0.05, 0) is 31.6 Å². The second-order valence-electron chi connectivity index (χ2n) is 5.32. The number of carbonyl (C=O) groups excluding carboxylic acids is 2. The molecule has 0 heterocycles. The van der Waals surface area contributed by atoms with Gasteiger partial charge in [0.05, 0.1) is 5.60 Å². The van der Waals surface area contributed by atoms with E-state index in [1.165, 1.54) is 12.8 Å². The van der Waals surface area contributed by atoms with Gasteiger partial charge in [0.2, 0.25) is 0 Å². The summed E-state index contributed by atoms with van der Waals surface area (Å²) in [4.78, 5) is 21.9. The Morgan fingerprint density at radius 3 is 2.47 bits per heavy atom. The van der Waals surface area contributed by atoms with Crippen molar-refractivity contribution in [2.45, 2.75) is 51.0 Å². The highest BCUT2D eigenvalue weighted by atomic mass is 16.5. The second-order valence-corrected chi connectivity index (χ2v) is 5.32. The van der Waals surface area contributed by atoms with Crippen LogP contribution in [0.3, 0.4) is 0 Å². The first-order chi connectivity index (χ1) is 9.01. The van der Waals surface area contributed by atoms with Crippen LogP contribution in [0.5, 0.6) is 0 Å². The van der Waals surface area contributed by atoms with E-state index in [1.54, 1.807) is 0 Å². The number of hydrogen-bond acceptors (Lipinski definition) is 4. The van der Waals surface area contributed by atoms with Crippen LogP contribution in [0.1, 0.15) is 45.4 Å². The average molecular weight is 271 g/mol. The van der Waals surface area contributed by atoms with Crippen LogP contribution >= 0.6 is 0 Å². The molecule has 1 saturated carbocycles. The van der Waals surface area contributed by atoms with Gasteiger partial charge < -0.3 is 16.2 Å². The van der Waals surface area contributed by atoms with Crippen molar-refractivity contribution in [3.8, 4) is 0 Å². The molecule has 0 aromatic heterocycles. The van der Waals surface area contributed by atoms with Gasteiger partial charge in [-0.1, -0.05) is 19.8 Å². The Hall–Kier alpha value is -1.14. The van der Waals surface area contributed by atoms with Gasteiger partial charge in [0.15, 0.2) is 0 Å². The Bertz CT molecular complexity index is 312. The van der Waals surface area contributed by atoms with Crippen LogP contribution in [0.25, 0.3) is 0 Å². The number of primary amides is 1. The summed E-state index contributed by atoms with van der Waals surface area (Å²) in [6.07, 6.45) is 6.35. The maximum atomic E-state index is 11.3. The van der Waals surface area contributed by atoms with Gasteiger partial charge in [-0.3, -0.25) is 10.1 Å². The van der Waals surface area contributed by atoms with Crippen molar-refractivity contribution in [1.29, 1.82) is 0 Å². The predicted molar refractivity (Wildman–Crippen MR) is 72.3 cm³/mol. The molecule has 1 rings (SSSR count). The maximum Gasteiger partial charge on any atom is 0.318 e. The molecule has 0 aromatic carbocycles. The number of hydrogen-bond donors (Lipinski definition) is 3. The minimum atomic E-state index is -0.859. The zero-order valence-electron chi connectivity index (χ0n) is 11.6. The topological polar surface area (TPSA) is 107 Å². The molecular formula is C13H25N3O3. The average Bonchev–Trinajstić information content (AvgIpc) is 2.38. The summed E-state index contributed by atoms with van der Waals surface area (Å²) < 4.78 is 5.66. The molecule has 110 valence electrons. The molecule has 0 radical (unpaired) electrons. The van der Waals surface area contributed by atoms with E-state index in [0.29, 0.717) is 6.54 Å². The predicted octanol–water partition coefficient (Wildman–Crippen LogP) is 0.886. The van der Waals surface area contributed by atoms with Crippen LogP contribution in [-0.4, -0.2) is 30.7 Å². The first kappa shape index (κ1) is 15.9. The fourth-order valence-electron chi connectivity index (χ4n) is 2.70. The molecular weight excluding hydrogens is 246 g/mol. The van der Waals surface area contributed by atoms with Crippen molar-refractivity contribution in [1.82, 2.24) is 5.32 Å². The zero-order valence-corrected chi connectivity index (χ0v) is 11.6. The Labute approximate surface area is 114 Å². The summed E-state index contributed by atoms with van der Waals surface area (Å²) in [5.41, 5.74) is 10.2. The quantitative estimate of drug-likeness (QED) is 0.666. The van der Waals surface area contributed by atoms with E-state index in [-0.39, 0.29) is 6.61 Å². The summed E-state index contributed by atoms with van der Waals surface area (Å²) in [6.45, 7) is 2.42. The minimum absolute atomic E-state index is 0.168. The van der Waals surface area contributed by atoms with Crippen molar-refractivity contribution < 1.29 is 14.3 Å². The van der Waals surface area contributed by atoms with E-state index < -0.39 is 17.5 Å². The van der Waals surface area contributed by atoms with E-state index in [2.05, 4.69) is 6.92 Å². The summed E-state index contributed by atoms with van der Waals surface area (Å²) >= 11 is 0. The summed E-state index contributed by atoms with van der Waals surface area (Å²) in [5, 5.41) is 1.99. The lowest BCUT2D eigenvalue weighted by molar-refractivity contribution is -0.135. The Kier molecular flexibility index (Phi) is 6.24. The third-order valence-corrected chi connectivity index (χ3v) is 3.86. The Morgan fingerprint density at radius 2 is 2.00 bits per heavy atom. The Morgan fingerprint density at radius 1 is 1.37 bits per heavy atom. The number of nitrogens with one attached hydrogen (secondary N) is 1. The van der Waals surface area contributed by atoms with Crippen molar-refractivity contribution in [2.75, 3.05) is 13.2 Å².